The van der Waals surface area contributed by atoms with Crippen LogP contribution in [-0.4, -0.2) is 23.0 Å². The van der Waals surface area contributed by atoms with Crippen LogP contribution in [0.2, 0.25) is 5.02 Å². The van der Waals surface area contributed by atoms with Gasteiger partial charge in [-0.15, -0.1) is 0 Å². The lowest BCUT2D eigenvalue weighted by Gasteiger charge is -2.37. The molecule has 0 radical (unpaired) electrons. The van der Waals surface area contributed by atoms with Crippen molar-refractivity contribution in [1.29, 1.82) is 0 Å². The van der Waals surface area contributed by atoms with Gasteiger partial charge in [-0.05, 0) is 66.5 Å². The van der Waals surface area contributed by atoms with E-state index in [4.69, 9.17) is 16.0 Å². The lowest BCUT2D eigenvalue weighted by Crippen LogP contribution is -2.40. The van der Waals surface area contributed by atoms with Gasteiger partial charge < -0.3 is 4.42 Å². The van der Waals surface area contributed by atoms with Crippen LogP contribution in [0.1, 0.15) is 12.2 Å². The molecule has 0 spiro atoms. The molecule has 28 heavy (non-hydrogen) atoms. The number of carbonyl (C=O) groups excluding carboxylic acids is 2. The lowest BCUT2D eigenvalue weighted by molar-refractivity contribution is -0.140. The maximum atomic E-state index is 12.9. The average molecular weight is 393 g/mol. The summed E-state index contributed by atoms with van der Waals surface area (Å²) in [6, 6.07) is 10.9. The zero-order chi connectivity index (χ0) is 19.0. The van der Waals surface area contributed by atoms with Crippen molar-refractivity contribution in [3.05, 3.63) is 59.3 Å². The predicted octanol–water partition coefficient (Wildman–Crippen LogP) is 3.99. The Balaban J connectivity index is 1.24. The third-order valence-corrected chi connectivity index (χ3v) is 6.95. The Labute approximate surface area is 166 Å². The molecule has 2 heterocycles. The summed E-state index contributed by atoms with van der Waals surface area (Å²) in [5.74, 6) is 1.95. The maximum absolute atomic E-state index is 12.9. The number of hydrogen-bond donors (Lipinski definition) is 0. The molecule has 5 aliphatic rings. The molecule has 1 saturated heterocycles. The number of imide groups is 1. The fourth-order valence-electron chi connectivity index (χ4n) is 5.36. The van der Waals surface area contributed by atoms with Gasteiger partial charge in [-0.3, -0.25) is 9.59 Å². The highest BCUT2D eigenvalue weighted by atomic mass is 35.5. The van der Waals surface area contributed by atoms with Gasteiger partial charge in [-0.25, -0.2) is 0 Å². The normalized spacial score (nSPS) is 35.0. The van der Waals surface area contributed by atoms with E-state index in [0.29, 0.717) is 28.4 Å². The standard InChI is InChI=1S/C22H17ClN2O3/c23-12-3-1-11(2-4-12)18-8-5-13(28-18)10-24-25-21(26)19-14-6-7-15(17-9-16(14)17)20(19)22(25)27/h1-8,10,14-17,19-20H,9H2/b24-10-/t14-,15-,16-,17+,19-,20+/m0/s1. The SMILES string of the molecule is O=C1[C@@H]2[C@H]3C=C[C@@H]([C@@H]4C[C@H]34)[C@@H]2C(=O)N1/N=C\c1ccc(-c2ccc(Cl)cc2)o1. The quantitative estimate of drug-likeness (QED) is 0.451. The van der Waals surface area contributed by atoms with Gasteiger partial charge in [0.1, 0.15) is 11.5 Å². The second kappa shape index (κ2) is 5.67. The molecule has 4 aliphatic carbocycles. The molecule has 7 rings (SSSR count). The summed E-state index contributed by atoms with van der Waals surface area (Å²) < 4.78 is 5.78. The van der Waals surface area contributed by atoms with Gasteiger partial charge in [0.05, 0.1) is 18.1 Å². The Kier molecular flexibility index (Phi) is 3.30. The van der Waals surface area contributed by atoms with E-state index in [1.807, 2.05) is 18.2 Å². The number of furan rings is 1. The molecular formula is C22H17ClN2O3. The van der Waals surface area contributed by atoms with Crippen LogP contribution >= 0.6 is 11.6 Å². The first-order chi connectivity index (χ1) is 13.6. The molecule has 6 heteroatoms. The minimum absolute atomic E-state index is 0.166. The molecule has 2 amide bonds. The van der Waals surface area contributed by atoms with Crippen LogP contribution in [0, 0.1) is 35.5 Å². The van der Waals surface area contributed by atoms with Crippen molar-refractivity contribution >= 4 is 29.6 Å². The van der Waals surface area contributed by atoms with E-state index in [9.17, 15) is 9.59 Å². The molecule has 2 bridgehead atoms. The number of halogens is 1. The molecule has 3 fully saturated rings. The minimum atomic E-state index is -0.232. The molecule has 1 aromatic heterocycles. The number of nitrogens with zero attached hydrogens (tertiary/aromatic N) is 2. The summed E-state index contributed by atoms with van der Waals surface area (Å²) >= 11 is 5.92. The average Bonchev–Trinajstić information content (AvgIpc) is 3.34. The summed E-state index contributed by atoms with van der Waals surface area (Å²) in [6.45, 7) is 0. The Hall–Kier alpha value is -2.66. The number of carbonyl (C=O) groups is 2. The van der Waals surface area contributed by atoms with Gasteiger partial charge in [-0.1, -0.05) is 23.8 Å². The number of rotatable bonds is 3. The molecule has 5 nitrogen and oxygen atoms in total. The third-order valence-electron chi connectivity index (χ3n) is 6.70. The van der Waals surface area contributed by atoms with E-state index in [-0.39, 0.29) is 35.5 Å². The zero-order valence-corrected chi connectivity index (χ0v) is 15.6. The topological polar surface area (TPSA) is 62.9 Å². The van der Waals surface area contributed by atoms with Crippen molar-refractivity contribution in [1.82, 2.24) is 5.01 Å². The van der Waals surface area contributed by atoms with Gasteiger partial charge >= 0.3 is 0 Å². The number of amides is 2. The van der Waals surface area contributed by atoms with Gasteiger partial charge in [0.25, 0.3) is 11.8 Å². The first kappa shape index (κ1) is 16.3. The monoisotopic (exact) mass is 392 g/mol. The van der Waals surface area contributed by atoms with E-state index in [2.05, 4.69) is 17.3 Å². The molecule has 6 atom stereocenters. The van der Waals surface area contributed by atoms with E-state index >= 15 is 0 Å². The van der Waals surface area contributed by atoms with Gasteiger partial charge in [0, 0.05) is 10.6 Å². The highest BCUT2D eigenvalue weighted by Gasteiger charge is 2.67. The molecule has 1 aromatic carbocycles. The predicted molar refractivity (Wildman–Crippen MR) is 103 cm³/mol. The van der Waals surface area contributed by atoms with Gasteiger partial charge in [0.15, 0.2) is 0 Å². The van der Waals surface area contributed by atoms with Gasteiger partial charge in [-0.2, -0.15) is 10.1 Å². The molecule has 2 saturated carbocycles. The van der Waals surface area contributed by atoms with E-state index in [1.165, 1.54) is 6.21 Å². The molecule has 0 N–H and O–H groups in total. The number of hydrogen-bond acceptors (Lipinski definition) is 4. The fourth-order valence-corrected chi connectivity index (χ4v) is 5.49. The summed E-state index contributed by atoms with van der Waals surface area (Å²) in [5.41, 5.74) is 0.894. The largest absolute Gasteiger partial charge is 0.455 e. The second-order valence-corrected chi connectivity index (χ2v) is 8.53. The first-order valence-electron chi connectivity index (χ1n) is 9.58. The van der Waals surface area contributed by atoms with E-state index in [0.717, 1.165) is 17.0 Å². The molecule has 140 valence electrons. The lowest BCUT2D eigenvalue weighted by atomic mass is 9.63. The van der Waals surface area contributed by atoms with E-state index < -0.39 is 0 Å². The molecule has 2 aromatic rings. The number of hydrazone groups is 1. The van der Waals surface area contributed by atoms with Crippen LogP contribution in [0.25, 0.3) is 11.3 Å². The Morgan fingerprint density at radius 2 is 1.61 bits per heavy atom. The smallest absolute Gasteiger partial charge is 0.254 e. The van der Waals surface area contributed by atoms with Crippen molar-refractivity contribution < 1.29 is 14.0 Å². The Bertz CT molecular complexity index is 1020. The van der Waals surface area contributed by atoms with Crippen molar-refractivity contribution in [3.8, 4) is 11.3 Å². The van der Waals surface area contributed by atoms with Crippen LogP contribution in [0.3, 0.4) is 0 Å². The summed E-state index contributed by atoms with van der Waals surface area (Å²) in [4.78, 5) is 25.8. The number of benzene rings is 1. The zero-order valence-electron chi connectivity index (χ0n) is 14.9. The summed E-state index contributed by atoms with van der Waals surface area (Å²) in [7, 11) is 0. The van der Waals surface area contributed by atoms with E-state index in [1.54, 1.807) is 18.2 Å². The Morgan fingerprint density at radius 3 is 2.25 bits per heavy atom. The second-order valence-electron chi connectivity index (χ2n) is 8.10. The van der Waals surface area contributed by atoms with Crippen molar-refractivity contribution in [3.63, 3.8) is 0 Å². The van der Waals surface area contributed by atoms with Crippen LogP contribution in [0.15, 0.2) is 58.1 Å². The van der Waals surface area contributed by atoms with Crippen LogP contribution in [0.5, 0.6) is 0 Å². The van der Waals surface area contributed by atoms with Crippen LogP contribution in [-0.2, 0) is 9.59 Å². The third kappa shape index (κ3) is 2.23. The fraction of sp³-hybridized carbons (Fsp3) is 0.318. The first-order valence-corrected chi connectivity index (χ1v) is 9.95. The van der Waals surface area contributed by atoms with Crippen molar-refractivity contribution in [2.75, 3.05) is 0 Å². The van der Waals surface area contributed by atoms with Crippen molar-refractivity contribution in [2.24, 2.45) is 40.6 Å². The summed E-state index contributed by atoms with van der Waals surface area (Å²) in [6.07, 6.45) is 6.91. The highest BCUT2D eigenvalue weighted by molar-refractivity contribution is 6.30. The minimum Gasteiger partial charge on any atom is -0.455 e. The summed E-state index contributed by atoms with van der Waals surface area (Å²) in [5, 5.41) is 5.93. The highest BCUT2D eigenvalue weighted by Crippen LogP contribution is 2.65. The molecule has 1 aliphatic heterocycles. The molecule has 0 unspecified atom stereocenters. The van der Waals surface area contributed by atoms with Crippen LogP contribution < -0.4 is 0 Å². The van der Waals surface area contributed by atoms with Crippen molar-refractivity contribution in [2.45, 2.75) is 6.42 Å². The Morgan fingerprint density at radius 1 is 0.964 bits per heavy atom. The number of allylic oxidation sites excluding steroid dienone is 2. The molecular weight excluding hydrogens is 376 g/mol. The maximum Gasteiger partial charge on any atom is 0.254 e. The van der Waals surface area contributed by atoms with Gasteiger partial charge in [0.2, 0.25) is 0 Å². The van der Waals surface area contributed by atoms with Crippen LogP contribution in [0.4, 0.5) is 0 Å².